The third kappa shape index (κ3) is 3.44. The van der Waals surface area contributed by atoms with E-state index in [-0.39, 0.29) is 33.9 Å². The van der Waals surface area contributed by atoms with Crippen LogP contribution in [0.3, 0.4) is 0 Å². The van der Waals surface area contributed by atoms with Crippen molar-refractivity contribution in [2.45, 2.75) is 91.5 Å². The molecule has 0 aliphatic heterocycles. The maximum atomic E-state index is 12.6. The summed E-state index contributed by atoms with van der Waals surface area (Å²) in [6, 6.07) is 0. The highest BCUT2D eigenvalue weighted by Gasteiger charge is 2.59. The van der Waals surface area contributed by atoms with Crippen LogP contribution in [0, 0.1) is 22.7 Å². The summed E-state index contributed by atoms with van der Waals surface area (Å²) in [6.07, 6.45) is 4.27. The van der Waals surface area contributed by atoms with Crippen LogP contribution >= 0.6 is 0 Å². The van der Waals surface area contributed by atoms with Gasteiger partial charge in [-0.15, -0.1) is 0 Å². The third-order valence-electron chi connectivity index (χ3n) is 7.97. The van der Waals surface area contributed by atoms with E-state index in [2.05, 4.69) is 61.2 Å². The number of carbonyl (C=O) groups excluding carboxylic acids is 1. The Kier molecular flexibility index (Phi) is 5.65. The molecule has 0 aromatic heterocycles. The first-order valence-electron chi connectivity index (χ1n) is 10.1. The molecule has 4 heteroatoms. The van der Waals surface area contributed by atoms with Crippen molar-refractivity contribution < 1.29 is 14.0 Å². The van der Waals surface area contributed by atoms with E-state index in [1.54, 1.807) is 0 Å². The van der Waals surface area contributed by atoms with Crippen LogP contribution in [0.15, 0.2) is 12.2 Å². The van der Waals surface area contributed by atoms with Gasteiger partial charge in [0.25, 0.3) is 0 Å². The van der Waals surface area contributed by atoms with Gasteiger partial charge in [-0.1, -0.05) is 53.7 Å². The van der Waals surface area contributed by atoms with Gasteiger partial charge in [0.05, 0.1) is 19.1 Å². The Balaban J connectivity index is 2.35. The van der Waals surface area contributed by atoms with Crippen molar-refractivity contribution in [1.29, 1.82) is 0 Å². The summed E-state index contributed by atoms with van der Waals surface area (Å²) < 4.78 is 12.1. The fourth-order valence-electron chi connectivity index (χ4n) is 5.35. The number of hydrogen-bond donors (Lipinski definition) is 0. The molecule has 0 spiro atoms. The summed E-state index contributed by atoms with van der Waals surface area (Å²) in [5.41, 5.74) is 1.00. The third-order valence-corrected chi connectivity index (χ3v) is 12.5. The number of ether oxygens (including phenoxy) is 1. The molecule has 0 saturated heterocycles. The average molecular weight is 381 g/mol. The lowest BCUT2D eigenvalue weighted by Crippen LogP contribution is -2.59. The molecule has 2 fully saturated rings. The van der Waals surface area contributed by atoms with Crippen LogP contribution in [0.25, 0.3) is 0 Å². The number of fused-ring (bicyclic) bond motifs is 1. The maximum Gasteiger partial charge on any atom is 0.313 e. The molecule has 0 aromatic carbocycles. The molecule has 2 saturated carbocycles. The zero-order valence-corrected chi connectivity index (χ0v) is 19.5. The summed E-state index contributed by atoms with van der Waals surface area (Å²) in [7, 11) is -0.330. The number of hydrogen-bond acceptors (Lipinski definition) is 3. The van der Waals surface area contributed by atoms with E-state index >= 15 is 0 Å². The van der Waals surface area contributed by atoms with Crippen molar-refractivity contribution in [3.8, 4) is 0 Å². The SMILES string of the molecule is C=C1CC[C@H]2C(C)(C)[C@@H](O[Si](C)(C)C(C)(C)C)CC[C@]2(C)[C@@H]1C(=O)OC. The standard InChI is InChI=1S/C22H40O3Si/c1-15-11-12-16-21(5,6)17(25-26(9,10)20(2,3)4)13-14-22(16,7)18(15)19(23)24-8/h16-18H,1,11-14H2,2-10H3/t16-,17-,18-,22-/m0/s1. The maximum absolute atomic E-state index is 12.6. The zero-order chi connectivity index (χ0) is 20.1. The normalized spacial score (nSPS) is 35.0. The minimum absolute atomic E-state index is 0.0372. The second-order valence-corrected chi connectivity index (χ2v) is 15.7. The van der Waals surface area contributed by atoms with Crippen LogP contribution in [-0.2, 0) is 14.0 Å². The van der Waals surface area contributed by atoms with Gasteiger partial charge in [-0.25, -0.2) is 0 Å². The molecular weight excluding hydrogens is 340 g/mol. The lowest BCUT2D eigenvalue weighted by Gasteiger charge is -2.60. The van der Waals surface area contributed by atoms with Gasteiger partial charge in [-0.2, -0.15) is 0 Å². The molecule has 150 valence electrons. The lowest BCUT2D eigenvalue weighted by atomic mass is 9.47. The second-order valence-electron chi connectivity index (χ2n) is 10.9. The van der Waals surface area contributed by atoms with E-state index in [0.29, 0.717) is 5.92 Å². The highest BCUT2D eigenvalue weighted by atomic mass is 28.4. The summed E-state index contributed by atoms with van der Waals surface area (Å²) in [4.78, 5) is 12.6. The van der Waals surface area contributed by atoms with Crippen molar-refractivity contribution in [3.63, 3.8) is 0 Å². The molecule has 0 bridgehead atoms. The monoisotopic (exact) mass is 380 g/mol. The Hall–Kier alpha value is -0.613. The largest absolute Gasteiger partial charge is 0.469 e. The van der Waals surface area contributed by atoms with E-state index in [0.717, 1.165) is 31.3 Å². The van der Waals surface area contributed by atoms with Crippen molar-refractivity contribution in [2.24, 2.45) is 22.7 Å². The minimum atomic E-state index is -1.83. The average Bonchev–Trinajstić information content (AvgIpc) is 2.48. The van der Waals surface area contributed by atoms with Gasteiger partial charge >= 0.3 is 5.97 Å². The van der Waals surface area contributed by atoms with Gasteiger partial charge in [0, 0.05) is 0 Å². The molecule has 0 heterocycles. The molecule has 26 heavy (non-hydrogen) atoms. The highest BCUT2D eigenvalue weighted by molar-refractivity contribution is 6.74. The van der Waals surface area contributed by atoms with Crippen LogP contribution in [0.4, 0.5) is 0 Å². The Morgan fingerprint density at radius 3 is 2.27 bits per heavy atom. The molecule has 4 atom stereocenters. The lowest BCUT2D eigenvalue weighted by molar-refractivity contribution is -0.163. The van der Waals surface area contributed by atoms with Crippen LogP contribution in [0.2, 0.25) is 18.1 Å². The molecule has 0 aromatic rings. The van der Waals surface area contributed by atoms with E-state index in [4.69, 9.17) is 9.16 Å². The van der Waals surface area contributed by atoms with Crippen molar-refractivity contribution in [3.05, 3.63) is 12.2 Å². The second kappa shape index (κ2) is 6.77. The Labute approximate surface area is 162 Å². The summed E-state index contributed by atoms with van der Waals surface area (Å²) in [5.74, 6) is 0.147. The molecule has 2 aliphatic carbocycles. The van der Waals surface area contributed by atoms with Crippen LogP contribution in [-0.4, -0.2) is 27.5 Å². The van der Waals surface area contributed by atoms with Crippen LogP contribution in [0.5, 0.6) is 0 Å². The Bertz CT molecular complexity index is 564. The molecule has 0 unspecified atom stereocenters. The van der Waals surface area contributed by atoms with E-state index in [1.165, 1.54) is 7.11 Å². The molecule has 2 rings (SSSR count). The molecule has 3 nitrogen and oxygen atoms in total. The fourth-order valence-corrected chi connectivity index (χ4v) is 6.83. The highest BCUT2D eigenvalue weighted by Crippen LogP contribution is 2.62. The number of methoxy groups -OCH3 is 1. The van der Waals surface area contributed by atoms with Gasteiger partial charge in [0.1, 0.15) is 0 Å². The fraction of sp³-hybridized carbons (Fsp3) is 0.864. The van der Waals surface area contributed by atoms with Gasteiger partial charge in [0.2, 0.25) is 0 Å². The predicted octanol–water partition coefficient (Wildman–Crippen LogP) is 5.96. The summed E-state index contributed by atoms with van der Waals surface area (Å²) in [6.45, 7) is 22.8. The van der Waals surface area contributed by atoms with Crippen LogP contribution in [0.1, 0.15) is 67.2 Å². The number of carbonyl (C=O) groups is 1. The van der Waals surface area contributed by atoms with Crippen molar-refractivity contribution >= 4 is 14.3 Å². The van der Waals surface area contributed by atoms with Crippen molar-refractivity contribution in [2.75, 3.05) is 7.11 Å². The molecule has 0 radical (unpaired) electrons. The van der Waals surface area contributed by atoms with Crippen LogP contribution < -0.4 is 0 Å². The number of esters is 1. The predicted molar refractivity (Wildman–Crippen MR) is 111 cm³/mol. The quantitative estimate of drug-likeness (QED) is 0.344. The Morgan fingerprint density at radius 1 is 1.19 bits per heavy atom. The van der Waals surface area contributed by atoms with E-state index in [1.807, 2.05) is 0 Å². The van der Waals surface area contributed by atoms with E-state index < -0.39 is 8.32 Å². The van der Waals surface area contributed by atoms with Crippen molar-refractivity contribution in [1.82, 2.24) is 0 Å². The Morgan fingerprint density at radius 2 is 1.77 bits per heavy atom. The first-order chi connectivity index (χ1) is 11.7. The van der Waals surface area contributed by atoms with Gasteiger partial charge < -0.3 is 9.16 Å². The molecular formula is C22H40O3Si. The first kappa shape index (κ1) is 21.7. The minimum Gasteiger partial charge on any atom is -0.469 e. The van der Waals surface area contributed by atoms with Gasteiger partial charge in [0.15, 0.2) is 8.32 Å². The van der Waals surface area contributed by atoms with E-state index in [9.17, 15) is 4.79 Å². The summed E-state index contributed by atoms with van der Waals surface area (Å²) >= 11 is 0. The topological polar surface area (TPSA) is 35.5 Å². The zero-order valence-electron chi connectivity index (χ0n) is 18.5. The van der Waals surface area contributed by atoms with Gasteiger partial charge in [-0.3, -0.25) is 4.79 Å². The summed E-state index contributed by atoms with van der Waals surface area (Å²) in [5, 5.41) is 0.208. The van der Waals surface area contributed by atoms with Gasteiger partial charge in [-0.05, 0) is 60.6 Å². The molecule has 0 amide bonds. The molecule has 2 aliphatic rings. The smallest absolute Gasteiger partial charge is 0.313 e. The number of rotatable bonds is 3. The first-order valence-corrected chi connectivity index (χ1v) is 13.0. The molecule has 0 N–H and O–H groups in total.